The van der Waals surface area contributed by atoms with Crippen molar-refractivity contribution in [3.05, 3.63) is 127 Å². The second-order valence-electron chi connectivity index (χ2n) is 6.37. The van der Waals surface area contributed by atoms with Gasteiger partial charge in [0.15, 0.2) is 0 Å². The van der Waals surface area contributed by atoms with Gasteiger partial charge in [-0.05, 0) is 0 Å². The molecule has 0 fully saturated rings. The predicted octanol–water partition coefficient (Wildman–Crippen LogP) is 4.80. The van der Waals surface area contributed by atoms with Crippen molar-refractivity contribution < 1.29 is 0 Å². The van der Waals surface area contributed by atoms with Crippen molar-refractivity contribution >= 4 is 36.4 Å². The van der Waals surface area contributed by atoms with Gasteiger partial charge in [0.1, 0.15) is 0 Å². The minimum absolute atomic E-state index is 0.415. The van der Waals surface area contributed by atoms with Gasteiger partial charge in [-0.15, -0.1) is 0 Å². The van der Waals surface area contributed by atoms with Gasteiger partial charge < -0.3 is 0 Å². The molecule has 0 spiro atoms. The van der Waals surface area contributed by atoms with E-state index < -0.39 is 5.95 Å². The van der Waals surface area contributed by atoms with Gasteiger partial charge in [-0.3, -0.25) is 0 Å². The van der Waals surface area contributed by atoms with E-state index in [-0.39, 0.29) is 0 Å². The summed E-state index contributed by atoms with van der Waals surface area (Å²) in [4.78, 5) is 0. The second kappa shape index (κ2) is 8.68. The third kappa shape index (κ3) is 3.92. The molecule has 27 heavy (non-hydrogen) atoms. The molecule has 0 unspecified atom stereocenters. The van der Waals surface area contributed by atoms with Crippen molar-refractivity contribution in [2.45, 2.75) is 5.32 Å². The summed E-state index contributed by atoms with van der Waals surface area (Å²) in [6.07, 6.45) is 0. The molecule has 0 saturated heterocycles. The molecule has 0 atom stereocenters. The van der Waals surface area contributed by atoms with Crippen LogP contribution in [0, 0.1) is 0 Å². The molecule has 0 amide bonds. The molecule has 0 radical (unpaired) electrons. The quantitative estimate of drug-likeness (QED) is 0.303. The van der Waals surface area contributed by atoms with Crippen molar-refractivity contribution in [3.8, 4) is 0 Å². The number of hydrogen-bond donors (Lipinski definition) is 0. The average Bonchev–Trinajstić information content (AvgIpc) is 2.77. The van der Waals surface area contributed by atoms with Crippen LogP contribution >= 0.6 is 5.95 Å². The van der Waals surface area contributed by atoms with E-state index >= 15 is 0 Å². The topological polar surface area (TPSA) is 0 Å². The molecule has 0 aliphatic heterocycles. The van der Waals surface area contributed by atoms with Crippen LogP contribution < -0.4 is 15.9 Å². The van der Waals surface area contributed by atoms with E-state index in [0.29, 0.717) is 14.5 Å². The molecular formula is C25H22PSe+. The Hall–Kier alpha value is -2.17. The van der Waals surface area contributed by atoms with E-state index in [2.05, 4.69) is 121 Å². The standard InChI is InChI=1S/C25H22PSe/c1-5-13-22(14-6-1)21-27-26(23-15-7-2-8-16-23,24-17-9-3-10-18-24)25-19-11-4-12-20-25/h1-20H,21H2/q+1. The molecule has 132 valence electrons. The fraction of sp³-hybridized carbons (Fsp3) is 0.0400. The van der Waals surface area contributed by atoms with Crippen molar-refractivity contribution in [1.29, 1.82) is 0 Å². The Morgan fingerprint density at radius 2 is 0.778 bits per heavy atom. The molecule has 0 aliphatic carbocycles. The predicted molar refractivity (Wildman–Crippen MR) is 121 cm³/mol. The van der Waals surface area contributed by atoms with Gasteiger partial charge in [0, 0.05) is 0 Å². The van der Waals surface area contributed by atoms with E-state index in [4.69, 9.17) is 0 Å². The van der Waals surface area contributed by atoms with Gasteiger partial charge in [-0.1, -0.05) is 0 Å². The third-order valence-electron chi connectivity index (χ3n) is 4.63. The van der Waals surface area contributed by atoms with Crippen LogP contribution in [0.2, 0.25) is 0 Å². The molecule has 0 N–H and O–H groups in total. The molecule has 2 heteroatoms. The van der Waals surface area contributed by atoms with Gasteiger partial charge in [0.05, 0.1) is 0 Å². The van der Waals surface area contributed by atoms with Crippen LogP contribution in [-0.2, 0) is 5.32 Å². The summed E-state index contributed by atoms with van der Waals surface area (Å²) in [6, 6.07) is 44.4. The third-order valence-corrected chi connectivity index (χ3v) is 16.2. The number of hydrogen-bond acceptors (Lipinski definition) is 0. The number of benzene rings is 4. The van der Waals surface area contributed by atoms with E-state index in [9.17, 15) is 0 Å². The van der Waals surface area contributed by atoms with Gasteiger partial charge in [0.25, 0.3) is 0 Å². The van der Waals surface area contributed by atoms with E-state index in [1.54, 1.807) is 0 Å². The number of rotatable bonds is 6. The Labute approximate surface area is 168 Å². The maximum atomic E-state index is 2.33. The van der Waals surface area contributed by atoms with Gasteiger partial charge in [-0.2, -0.15) is 0 Å². The van der Waals surface area contributed by atoms with Crippen LogP contribution in [0.15, 0.2) is 121 Å². The van der Waals surface area contributed by atoms with Crippen molar-refractivity contribution in [1.82, 2.24) is 0 Å². The molecule has 4 aromatic carbocycles. The van der Waals surface area contributed by atoms with Crippen LogP contribution in [0.4, 0.5) is 0 Å². The molecule has 0 aromatic heterocycles. The van der Waals surface area contributed by atoms with Crippen LogP contribution in [-0.4, -0.2) is 14.5 Å². The molecule has 0 saturated carbocycles. The Morgan fingerprint density at radius 1 is 0.444 bits per heavy atom. The summed E-state index contributed by atoms with van der Waals surface area (Å²) < 4.78 is 0. The summed E-state index contributed by atoms with van der Waals surface area (Å²) in [5, 5.41) is 5.59. The molecular weight excluding hydrogens is 410 g/mol. The molecule has 0 aliphatic rings. The van der Waals surface area contributed by atoms with Crippen molar-refractivity contribution in [3.63, 3.8) is 0 Å². The summed E-state index contributed by atoms with van der Waals surface area (Å²) >= 11 is 0.415. The normalized spacial score (nSPS) is 11.3. The zero-order chi connectivity index (χ0) is 18.4. The fourth-order valence-electron chi connectivity index (χ4n) is 3.33. The zero-order valence-corrected chi connectivity index (χ0v) is 17.7. The zero-order valence-electron chi connectivity index (χ0n) is 15.1. The Balaban J connectivity index is 1.89. The van der Waals surface area contributed by atoms with E-state index in [0.717, 1.165) is 5.32 Å². The van der Waals surface area contributed by atoms with Gasteiger partial charge >= 0.3 is 169 Å². The Bertz CT molecular complexity index is 857. The van der Waals surface area contributed by atoms with E-state index in [1.165, 1.54) is 21.5 Å². The SMILES string of the molecule is c1ccc(C[Se][P+](c2ccccc2)(c2ccccc2)c2ccccc2)cc1. The Morgan fingerprint density at radius 3 is 1.15 bits per heavy atom. The van der Waals surface area contributed by atoms with Crippen LogP contribution in [0.3, 0.4) is 0 Å². The molecule has 0 heterocycles. The van der Waals surface area contributed by atoms with Crippen molar-refractivity contribution in [2.24, 2.45) is 0 Å². The summed E-state index contributed by atoms with van der Waals surface area (Å²) in [5.74, 6) is -1.66. The molecule has 0 nitrogen and oxygen atoms in total. The van der Waals surface area contributed by atoms with Crippen LogP contribution in [0.5, 0.6) is 0 Å². The first kappa shape index (κ1) is 18.2. The second-order valence-corrected chi connectivity index (χ2v) is 15.1. The van der Waals surface area contributed by atoms with E-state index in [1.807, 2.05) is 0 Å². The first-order chi connectivity index (χ1) is 13.4. The van der Waals surface area contributed by atoms with Crippen LogP contribution in [0.1, 0.15) is 5.56 Å². The summed E-state index contributed by atoms with van der Waals surface area (Å²) in [7, 11) is 0. The van der Waals surface area contributed by atoms with Crippen molar-refractivity contribution in [2.75, 3.05) is 0 Å². The van der Waals surface area contributed by atoms with Gasteiger partial charge in [0.2, 0.25) is 0 Å². The summed E-state index contributed by atoms with van der Waals surface area (Å²) in [5.41, 5.74) is 1.43. The fourth-order valence-corrected chi connectivity index (χ4v) is 14.5. The summed E-state index contributed by atoms with van der Waals surface area (Å²) in [6.45, 7) is 0. The average molecular weight is 432 g/mol. The maximum absolute atomic E-state index is 2.33. The first-order valence-electron chi connectivity index (χ1n) is 9.14. The van der Waals surface area contributed by atoms with Crippen LogP contribution in [0.25, 0.3) is 0 Å². The minimum atomic E-state index is -1.66. The Kier molecular flexibility index (Phi) is 5.85. The molecule has 4 rings (SSSR count). The van der Waals surface area contributed by atoms with Gasteiger partial charge in [-0.25, -0.2) is 0 Å². The molecule has 0 bridgehead atoms. The monoisotopic (exact) mass is 433 g/mol. The molecule has 4 aromatic rings. The first-order valence-corrected chi connectivity index (χ1v) is 14.4.